The van der Waals surface area contributed by atoms with Crippen molar-refractivity contribution in [1.29, 1.82) is 0 Å². The molecule has 0 aliphatic rings. The van der Waals surface area contributed by atoms with Gasteiger partial charge in [-0.3, -0.25) is 4.79 Å². The first-order valence-electron chi connectivity index (χ1n) is 6.33. The number of benzene rings is 1. The summed E-state index contributed by atoms with van der Waals surface area (Å²) in [6, 6.07) is 7.63. The molecule has 0 bridgehead atoms. The molecule has 1 amide bonds. The van der Waals surface area contributed by atoms with E-state index in [-0.39, 0.29) is 11.7 Å². The number of hydrogen-bond acceptors (Lipinski definition) is 3. The van der Waals surface area contributed by atoms with E-state index in [9.17, 15) is 4.79 Å². The molecule has 0 aliphatic carbocycles. The predicted octanol–water partition coefficient (Wildman–Crippen LogP) is 3.55. The fraction of sp³-hybridized carbons (Fsp3) is 0.200. The Morgan fingerprint density at radius 3 is 2.90 bits per heavy atom. The Morgan fingerprint density at radius 1 is 1.45 bits per heavy atom. The van der Waals surface area contributed by atoms with E-state index in [1.54, 1.807) is 12.3 Å². The molecule has 5 heteroatoms. The van der Waals surface area contributed by atoms with Gasteiger partial charge in [-0.1, -0.05) is 25.1 Å². The number of halogens is 1. The number of aromatic nitrogens is 1. The number of rotatable bonds is 3. The lowest BCUT2D eigenvalue weighted by Gasteiger charge is -2.13. The summed E-state index contributed by atoms with van der Waals surface area (Å²) in [7, 11) is 0. The lowest BCUT2D eigenvalue weighted by Crippen LogP contribution is -2.16. The number of carbonyl (C=O) groups is 1. The highest BCUT2D eigenvalue weighted by Crippen LogP contribution is 2.23. The van der Waals surface area contributed by atoms with Crippen molar-refractivity contribution in [3.8, 4) is 0 Å². The maximum Gasteiger partial charge on any atom is 0.259 e. The van der Waals surface area contributed by atoms with Crippen molar-refractivity contribution in [2.45, 2.75) is 20.3 Å². The van der Waals surface area contributed by atoms with Crippen molar-refractivity contribution in [3.05, 3.63) is 51.6 Å². The minimum absolute atomic E-state index is 0.220. The third kappa shape index (κ3) is 2.99. The van der Waals surface area contributed by atoms with Crippen LogP contribution in [0, 0.1) is 6.92 Å². The number of amides is 1. The Labute approximate surface area is 126 Å². The average Bonchev–Trinajstić information content (AvgIpc) is 2.43. The molecule has 0 spiro atoms. The second-order valence-corrected chi connectivity index (χ2v) is 5.42. The Morgan fingerprint density at radius 2 is 2.20 bits per heavy atom. The monoisotopic (exact) mass is 333 g/mol. The Hall–Kier alpha value is -1.88. The number of nitrogens with one attached hydrogen (secondary N) is 1. The summed E-state index contributed by atoms with van der Waals surface area (Å²) in [5.74, 6) is -0.0300. The minimum atomic E-state index is -0.250. The van der Waals surface area contributed by atoms with Crippen LogP contribution in [0.2, 0.25) is 0 Å². The maximum absolute atomic E-state index is 12.4. The van der Waals surface area contributed by atoms with Gasteiger partial charge in [-0.2, -0.15) is 0 Å². The van der Waals surface area contributed by atoms with Gasteiger partial charge in [0.15, 0.2) is 0 Å². The van der Waals surface area contributed by atoms with E-state index in [0.29, 0.717) is 5.56 Å². The number of hydrogen-bond donors (Lipinski definition) is 2. The second-order valence-electron chi connectivity index (χ2n) is 4.50. The van der Waals surface area contributed by atoms with Crippen LogP contribution in [0.5, 0.6) is 0 Å². The van der Waals surface area contributed by atoms with Crippen molar-refractivity contribution in [2.24, 2.45) is 0 Å². The number of carbonyl (C=O) groups excluding carboxylic acids is 1. The summed E-state index contributed by atoms with van der Waals surface area (Å²) in [6.07, 6.45) is 2.42. The number of pyridine rings is 1. The molecule has 2 rings (SSSR count). The largest absolute Gasteiger partial charge is 0.383 e. The van der Waals surface area contributed by atoms with E-state index >= 15 is 0 Å². The van der Waals surface area contributed by atoms with Gasteiger partial charge in [-0.15, -0.1) is 0 Å². The molecule has 0 fully saturated rings. The zero-order chi connectivity index (χ0) is 14.7. The van der Waals surface area contributed by atoms with Crippen molar-refractivity contribution < 1.29 is 4.79 Å². The highest BCUT2D eigenvalue weighted by atomic mass is 79.9. The zero-order valence-corrected chi connectivity index (χ0v) is 13.0. The van der Waals surface area contributed by atoms with Gasteiger partial charge in [0.1, 0.15) is 5.82 Å². The number of nitrogens with zero attached hydrogens (tertiary/aromatic N) is 1. The minimum Gasteiger partial charge on any atom is -0.383 e. The maximum atomic E-state index is 12.4. The molecular formula is C15H16BrN3O. The highest BCUT2D eigenvalue weighted by molar-refractivity contribution is 9.10. The molecule has 104 valence electrons. The van der Waals surface area contributed by atoms with E-state index in [1.165, 1.54) is 0 Å². The average molecular weight is 334 g/mol. The van der Waals surface area contributed by atoms with E-state index in [2.05, 4.69) is 33.2 Å². The lowest BCUT2D eigenvalue weighted by atomic mass is 10.1. The standard InChI is InChI=1S/C15H16BrN3O/c1-3-10-6-4-5-9(2)13(10)19-15(20)12-7-11(16)8-18-14(12)17/h4-8H,3H2,1-2H3,(H2,17,18)(H,19,20). The Kier molecular flexibility index (Phi) is 4.39. The molecule has 1 heterocycles. The van der Waals surface area contributed by atoms with Gasteiger partial charge in [0.2, 0.25) is 0 Å². The van der Waals surface area contributed by atoms with Gasteiger partial charge in [0, 0.05) is 16.4 Å². The van der Waals surface area contributed by atoms with Gasteiger partial charge < -0.3 is 11.1 Å². The van der Waals surface area contributed by atoms with Gasteiger partial charge in [0.05, 0.1) is 5.56 Å². The van der Waals surface area contributed by atoms with Crippen LogP contribution in [-0.2, 0) is 6.42 Å². The first-order valence-corrected chi connectivity index (χ1v) is 7.13. The topological polar surface area (TPSA) is 68.0 Å². The Balaban J connectivity index is 2.35. The summed E-state index contributed by atoms with van der Waals surface area (Å²) in [6.45, 7) is 4.02. The van der Waals surface area contributed by atoms with Crippen molar-refractivity contribution in [3.63, 3.8) is 0 Å². The van der Waals surface area contributed by atoms with E-state index in [0.717, 1.165) is 27.7 Å². The van der Waals surface area contributed by atoms with Gasteiger partial charge in [-0.05, 0) is 46.5 Å². The van der Waals surface area contributed by atoms with Gasteiger partial charge in [0.25, 0.3) is 5.91 Å². The SMILES string of the molecule is CCc1cccc(C)c1NC(=O)c1cc(Br)cnc1N. The number of anilines is 2. The number of para-hydroxylation sites is 1. The van der Waals surface area contributed by atoms with Gasteiger partial charge in [-0.25, -0.2) is 4.98 Å². The summed E-state index contributed by atoms with van der Waals surface area (Å²) >= 11 is 3.29. The smallest absolute Gasteiger partial charge is 0.259 e. The molecule has 4 nitrogen and oxygen atoms in total. The molecule has 3 N–H and O–H groups in total. The van der Waals surface area contributed by atoms with Crippen molar-refractivity contribution in [1.82, 2.24) is 4.98 Å². The molecule has 0 atom stereocenters. The van der Waals surface area contributed by atoms with Crippen LogP contribution in [0.15, 0.2) is 34.9 Å². The van der Waals surface area contributed by atoms with Crippen molar-refractivity contribution in [2.75, 3.05) is 11.1 Å². The third-order valence-corrected chi connectivity index (χ3v) is 3.54. The fourth-order valence-corrected chi connectivity index (χ4v) is 2.35. The molecule has 0 radical (unpaired) electrons. The van der Waals surface area contributed by atoms with Crippen LogP contribution < -0.4 is 11.1 Å². The predicted molar refractivity (Wildman–Crippen MR) is 84.9 cm³/mol. The normalized spacial score (nSPS) is 10.3. The number of nitrogens with two attached hydrogens (primary N) is 1. The third-order valence-electron chi connectivity index (χ3n) is 3.11. The molecule has 20 heavy (non-hydrogen) atoms. The van der Waals surface area contributed by atoms with Crippen LogP contribution in [-0.4, -0.2) is 10.9 Å². The van der Waals surface area contributed by atoms with Crippen LogP contribution >= 0.6 is 15.9 Å². The molecule has 0 unspecified atom stereocenters. The summed E-state index contributed by atoms with van der Waals surface area (Å²) in [4.78, 5) is 16.3. The van der Waals surface area contributed by atoms with Crippen LogP contribution in [0.3, 0.4) is 0 Å². The number of aryl methyl sites for hydroxylation is 2. The summed E-state index contributed by atoms with van der Waals surface area (Å²) in [5.41, 5.74) is 9.10. The van der Waals surface area contributed by atoms with E-state index in [1.807, 2.05) is 25.1 Å². The lowest BCUT2D eigenvalue weighted by molar-refractivity contribution is 0.102. The molecule has 0 aliphatic heterocycles. The molecule has 0 saturated heterocycles. The molecular weight excluding hydrogens is 318 g/mol. The first kappa shape index (κ1) is 14.5. The fourth-order valence-electron chi connectivity index (χ4n) is 2.01. The first-order chi connectivity index (χ1) is 9.52. The van der Waals surface area contributed by atoms with Gasteiger partial charge >= 0.3 is 0 Å². The zero-order valence-electron chi connectivity index (χ0n) is 11.4. The van der Waals surface area contributed by atoms with Crippen molar-refractivity contribution >= 4 is 33.3 Å². The quantitative estimate of drug-likeness (QED) is 0.902. The second kappa shape index (κ2) is 6.05. The summed E-state index contributed by atoms with van der Waals surface area (Å²) < 4.78 is 0.720. The van der Waals surface area contributed by atoms with E-state index in [4.69, 9.17) is 5.73 Å². The highest BCUT2D eigenvalue weighted by Gasteiger charge is 2.14. The van der Waals surface area contributed by atoms with Crippen LogP contribution in [0.25, 0.3) is 0 Å². The molecule has 0 saturated carbocycles. The molecule has 2 aromatic rings. The van der Waals surface area contributed by atoms with Crippen LogP contribution in [0.1, 0.15) is 28.4 Å². The molecule has 1 aromatic carbocycles. The molecule has 1 aromatic heterocycles. The summed E-state index contributed by atoms with van der Waals surface area (Å²) in [5, 5.41) is 2.93. The van der Waals surface area contributed by atoms with E-state index < -0.39 is 0 Å². The Bertz CT molecular complexity index is 656. The van der Waals surface area contributed by atoms with Crippen LogP contribution in [0.4, 0.5) is 11.5 Å². The number of nitrogen functional groups attached to an aromatic ring is 1.